The Bertz CT molecular complexity index is 661. The van der Waals surface area contributed by atoms with Gasteiger partial charge in [0.25, 0.3) is 5.56 Å². The minimum atomic E-state index is -0.0448. The minimum absolute atomic E-state index is 0.0448. The molecule has 1 aliphatic carbocycles. The monoisotopic (exact) mass is 286 g/mol. The Morgan fingerprint density at radius 3 is 2.81 bits per heavy atom. The van der Waals surface area contributed by atoms with Crippen molar-refractivity contribution in [3.8, 4) is 0 Å². The van der Waals surface area contributed by atoms with Crippen LogP contribution >= 0.6 is 0 Å². The molecule has 5 nitrogen and oxygen atoms in total. The molecule has 0 saturated heterocycles. The highest BCUT2D eigenvalue weighted by atomic mass is 16.1. The highest BCUT2D eigenvalue weighted by molar-refractivity contribution is 5.76. The molecule has 21 heavy (non-hydrogen) atoms. The first-order valence-corrected chi connectivity index (χ1v) is 7.79. The second kappa shape index (κ2) is 6.35. The Morgan fingerprint density at radius 1 is 1.29 bits per heavy atom. The van der Waals surface area contributed by atoms with E-state index in [4.69, 9.17) is 0 Å². The van der Waals surface area contributed by atoms with Gasteiger partial charge in [-0.25, -0.2) is 4.68 Å². The van der Waals surface area contributed by atoms with Gasteiger partial charge >= 0.3 is 0 Å². The second-order valence-electron chi connectivity index (χ2n) is 5.89. The summed E-state index contributed by atoms with van der Waals surface area (Å²) in [4.78, 5) is 12.5. The van der Waals surface area contributed by atoms with E-state index in [0.717, 1.165) is 0 Å². The van der Waals surface area contributed by atoms with Crippen molar-refractivity contribution >= 4 is 10.9 Å². The molecule has 5 heteroatoms. The Balaban J connectivity index is 1.86. The maximum Gasteiger partial charge on any atom is 0.277 e. The van der Waals surface area contributed by atoms with E-state index in [1.165, 1.54) is 36.8 Å². The fourth-order valence-electron chi connectivity index (χ4n) is 3.34. The molecule has 2 aromatic rings. The lowest BCUT2D eigenvalue weighted by Gasteiger charge is -2.29. The minimum Gasteiger partial charge on any atom is -0.315 e. The maximum atomic E-state index is 12.5. The van der Waals surface area contributed by atoms with Crippen LogP contribution in [0.2, 0.25) is 0 Å². The van der Waals surface area contributed by atoms with Crippen LogP contribution < -0.4 is 10.9 Å². The largest absolute Gasteiger partial charge is 0.315 e. The highest BCUT2D eigenvalue weighted by Crippen LogP contribution is 2.26. The summed E-state index contributed by atoms with van der Waals surface area (Å²) in [5, 5.41) is 12.3. The van der Waals surface area contributed by atoms with E-state index in [9.17, 15) is 4.79 Å². The first-order chi connectivity index (χ1) is 10.3. The molecule has 1 unspecified atom stereocenters. The van der Waals surface area contributed by atoms with Crippen LogP contribution in [0.4, 0.5) is 0 Å². The zero-order chi connectivity index (χ0) is 14.7. The number of hydrogen-bond acceptors (Lipinski definition) is 4. The van der Waals surface area contributed by atoms with Crippen LogP contribution in [0.3, 0.4) is 0 Å². The van der Waals surface area contributed by atoms with Gasteiger partial charge in [-0.1, -0.05) is 36.6 Å². The SMILES string of the molecule is CNC(Cn1nnc2ccccc2c1=O)C1CCCCC1. The van der Waals surface area contributed by atoms with E-state index in [0.29, 0.717) is 29.4 Å². The molecule has 1 atom stereocenters. The first-order valence-electron chi connectivity index (χ1n) is 7.79. The van der Waals surface area contributed by atoms with Crippen LogP contribution in [0.25, 0.3) is 10.9 Å². The molecule has 1 aromatic heterocycles. The summed E-state index contributed by atoms with van der Waals surface area (Å²) in [6.45, 7) is 0.595. The number of nitrogens with zero attached hydrogens (tertiary/aromatic N) is 3. The molecule has 1 N–H and O–H groups in total. The summed E-state index contributed by atoms with van der Waals surface area (Å²) in [6.07, 6.45) is 6.40. The Kier molecular flexibility index (Phi) is 4.29. The van der Waals surface area contributed by atoms with Gasteiger partial charge < -0.3 is 5.32 Å². The van der Waals surface area contributed by atoms with Gasteiger partial charge in [0.15, 0.2) is 0 Å². The van der Waals surface area contributed by atoms with Gasteiger partial charge in [-0.2, -0.15) is 0 Å². The predicted octanol–water partition coefficient (Wildman–Crippen LogP) is 1.96. The Morgan fingerprint density at radius 2 is 2.05 bits per heavy atom. The van der Waals surface area contributed by atoms with Crippen molar-refractivity contribution in [3.05, 3.63) is 34.6 Å². The fraction of sp³-hybridized carbons (Fsp3) is 0.562. The summed E-state index contributed by atoms with van der Waals surface area (Å²) in [6, 6.07) is 7.67. The number of rotatable bonds is 4. The van der Waals surface area contributed by atoms with E-state index in [1.54, 1.807) is 0 Å². The molecule has 1 saturated carbocycles. The van der Waals surface area contributed by atoms with Crippen LogP contribution in [0.5, 0.6) is 0 Å². The molecule has 1 aliphatic rings. The van der Waals surface area contributed by atoms with Crippen molar-refractivity contribution in [1.29, 1.82) is 0 Å². The predicted molar refractivity (Wildman–Crippen MR) is 83.2 cm³/mol. The van der Waals surface area contributed by atoms with Gasteiger partial charge in [0.2, 0.25) is 0 Å². The van der Waals surface area contributed by atoms with E-state index in [2.05, 4.69) is 15.6 Å². The zero-order valence-corrected chi connectivity index (χ0v) is 12.5. The molecular weight excluding hydrogens is 264 g/mol. The molecule has 0 aliphatic heterocycles. The Hall–Kier alpha value is -1.75. The summed E-state index contributed by atoms with van der Waals surface area (Å²) in [5.41, 5.74) is 0.620. The van der Waals surface area contributed by atoms with E-state index < -0.39 is 0 Å². The molecule has 0 radical (unpaired) electrons. The summed E-state index contributed by atoms with van der Waals surface area (Å²) >= 11 is 0. The fourth-order valence-corrected chi connectivity index (χ4v) is 3.34. The number of likely N-dealkylation sites (N-methyl/N-ethyl adjacent to an activating group) is 1. The normalized spacial score (nSPS) is 18.0. The molecule has 0 bridgehead atoms. The van der Waals surface area contributed by atoms with Gasteiger partial charge in [0.1, 0.15) is 5.52 Å². The third-order valence-electron chi connectivity index (χ3n) is 4.59. The quantitative estimate of drug-likeness (QED) is 0.933. The molecule has 1 fully saturated rings. The standard InChI is InChI=1S/C16H22N4O/c1-17-15(12-7-3-2-4-8-12)11-20-16(21)13-9-5-6-10-14(13)18-19-20/h5-6,9-10,12,15,17H,2-4,7-8,11H2,1H3. The third-order valence-corrected chi connectivity index (χ3v) is 4.59. The maximum absolute atomic E-state index is 12.5. The summed E-state index contributed by atoms with van der Waals surface area (Å²) < 4.78 is 1.51. The molecule has 1 heterocycles. The summed E-state index contributed by atoms with van der Waals surface area (Å²) in [7, 11) is 1.97. The van der Waals surface area contributed by atoms with Crippen molar-refractivity contribution in [1.82, 2.24) is 20.3 Å². The average molecular weight is 286 g/mol. The number of fused-ring (bicyclic) bond motifs is 1. The number of aromatic nitrogens is 3. The lowest BCUT2D eigenvalue weighted by molar-refractivity contribution is 0.248. The molecule has 0 spiro atoms. The Labute approximate surface area is 124 Å². The topological polar surface area (TPSA) is 59.8 Å². The van der Waals surface area contributed by atoms with Gasteiger partial charge in [0, 0.05) is 6.04 Å². The molecule has 1 aromatic carbocycles. The van der Waals surface area contributed by atoms with Crippen LogP contribution in [0.1, 0.15) is 32.1 Å². The lowest BCUT2D eigenvalue weighted by Crippen LogP contribution is -2.41. The number of benzene rings is 1. The van der Waals surface area contributed by atoms with Crippen LogP contribution in [-0.4, -0.2) is 28.1 Å². The number of hydrogen-bond donors (Lipinski definition) is 1. The van der Waals surface area contributed by atoms with Gasteiger partial charge in [0.05, 0.1) is 11.9 Å². The molecule has 0 amide bonds. The second-order valence-corrected chi connectivity index (χ2v) is 5.89. The summed E-state index contributed by atoms with van der Waals surface area (Å²) in [5.74, 6) is 0.629. The van der Waals surface area contributed by atoms with Crippen molar-refractivity contribution in [2.24, 2.45) is 5.92 Å². The van der Waals surface area contributed by atoms with Crippen molar-refractivity contribution < 1.29 is 0 Å². The third kappa shape index (κ3) is 2.97. The van der Waals surface area contributed by atoms with Gasteiger partial charge in [-0.05, 0) is 37.9 Å². The van der Waals surface area contributed by atoms with E-state index in [-0.39, 0.29) is 5.56 Å². The van der Waals surface area contributed by atoms with Crippen molar-refractivity contribution in [3.63, 3.8) is 0 Å². The zero-order valence-electron chi connectivity index (χ0n) is 12.5. The van der Waals surface area contributed by atoms with Crippen molar-refractivity contribution in [2.75, 3.05) is 7.05 Å². The van der Waals surface area contributed by atoms with Crippen LogP contribution in [0.15, 0.2) is 29.1 Å². The molecule has 3 rings (SSSR count). The number of nitrogens with one attached hydrogen (secondary N) is 1. The van der Waals surface area contributed by atoms with E-state index in [1.807, 2.05) is 31.3 Å². The van der Waals surface area contributed by atoms with E-state index >= 15 is 0 Å². The van der Waals surface area contributed by atoms with Gasteiger partial charge in [-0.15, -0.1) is 5.10 Å². The smallest absolute Gasteiger partial charge is 0.277 e. The molecular formula is C16H22N4O. The van der Waals surface area contributed by atoms with Crippen LogP contribution in [0, 0.1) is 5.92 Å². The average Bonchev–Trinajstić information content (AvgIpc) is 2.55. The highest BCUT2D eigenvalue weighted by Gasteiger charge is 2.23. The molecule has 112 valence electrons. The van der Waals surface area contributed by atoms with Gasteiger partial charge in [-0.3, -0.25) is 4.79 Å². The lowest BCUT2D eigenvalue weighted by atomic mass is 9.84. The first kappa shape index (κ1) is 14.2. The van der Waals surface area contributed by atoms with Crippen molar-refractivity contribution in [2.45, 2.75) is 44.7 Å². The van der Waals surface area contributed by atoms with Crippen LogP contribution in [-0.2, 0) is 6.54 Å².